The quantitative estimate of drug-likeness (QED) is 0.614. The SMILES string of the molecule is CC.COc1ccc[n+](CC(=O)OC(C)(C)C)c1. The molecule has 0 atom stereocenters. The number of methoxy groups -OCH3 is 1. The van der Waals surface area contributed by atoms with Gasteiger partial charge in [-0.05, 0) is 26.8 Å². The van der Waals surface area contributed by atoms with E-state index in [0.29, 0.717) is 5.75 Å². The lowest BCUT2D eigenvalue weighted by Gasteiger charge is -2.18. The Morgan fingerprint density at radius 3 is 2.44 bits per heavy atom. The maximum atomic E-state index is 11.5. The van der Waals surface area contributed by atoms with Gasteiger partial charge in [-0.15, -0.1) is 0 Å². The molecule has 0 bridgehead atoms. The summed E-state index contributed by atoms with van der Waals surface area (Å²) in [5, 5.41) is 0. The molecule has 1 heterocycles. The number of esters is 1. The zero-order chi connectivity index (χ0) is 14.2. The number of ether oxygens (including phenoxy) is 2. The molecule has 18 heavy (non-hydrogen) atoms. The normalized spacial score (nSPS) is 10.1. The zero-order valence-electron chi connectivity index (χ0n) is 12.2. The van der Waals surface area contributed by atoms with Gasteiger partial charge in [0.05, 0.1) is 7.11 Å². The Labute approximate surface area is 110 Å². The summed E-state index contributed by atoms with van der Waals surface area (Å²) in [6.45, 7) is 9.73. The van der Waals surface area contributed by atoms with E-state index < -0.39 is 5.60 Å². The van der Waals surface area contributed by atoms with Crippen LogP contribution < -0.4 is 9.30 Å². The Morgan fingerprint density at radius 1 is 1.33 bits per heavy atom. The number of carbonyl (C=O) groups excluding carboxylic acids is 1. The molecule has 0 aliphatic heterocycles. The third kappa shape index (κ3) is 6.89. The molecule has 0 aliphatic rings. The van der Waals surface area contributed by atoms with Crippen LogP contribution in [0.5, 0.6) is 5.75 Å². The molecule has 0 spiro atoms. The molecule has 1 rings (SSSR count). The van der Waals surface area contributed by atoms with E-state index in [-0.39, 0.29) is 12.5 Å². The number of rotatable bonds is 3. The van der Waals surface area contributed by atoms with Crippen LogP contribution in [0.1, 0.15) is 34.6 Å². The van der Waals surface area contributed by atoms with Gasteiger partial charge in [0.15, 0.2) is 11.9 Å². The van der Waals surface area contributed by atoms with Crippen LogP contribution in [-0.4, -0.2) is 18.7 Å². The minimum atomic E-state index is -0.448. The van der Waals surface area contributed by atoms with E-state index in [4.69, 9.17) is 9.47 Å². The molecule has 0 aromatic carbocycles. The number of nitrogens with zero attached hydrogens (tertiary/aromatic N) is 1. The van der Waals surface area contributed by atoms with Gasteiger partial charge in [-0.1, -0.05) is 13.8 Å². The van der Waals surface area contributed by atoms with Crippen LogP contribution in [0.4, 0.5) is 0 Å². The van der Waals surface area contributed by atoms with Gasteiger partial charge in [-0.2, -0.15) is 4.57 Å². The molecule has 1 aromatic heterocycles. The van der Waals surface area contributed by atoms with E-state index in [9.17, 15) is 4.79 Å². The van der Waals surface area contributed by atoms with Crippen molar-refractivity contribution >= 4 is 5.97 Å². The van der Waals surface area contributed by atoms with E-state index in [0.717, 1.165) is 0 Å². The van der Waals surface area contributed by atoms with Crippen LogP contribution in [0.2, 0.25) is 0 Å². The van der Waals surface area contributed by atoms with Gasteiger partial charge in [0, 0.05) is 6.07 Å². The minimum Gasteiger partial charge on any atom is -0.491 e. The van der Waals surface area contributed by atoms with E-state index in [1.807, 2.05) is 46.8 Å². The molecular weight excluding hydrogens is 230 g/mol. The predicted molar refractivity (Wildman–Crippen MR) is 70.4 cm³/mol. The molecule has 0 saturated heterocycles. The van der Waals surface area contributed by atoms with Crippen LogP contribution in [0.3, 0.4) is 0 Å². The number of hydrogen-bond acceptors (Lipinski definition) is 3. The van der Waals surface area contributed by atoms with Crippen molar-refractivity contribution in [2.75, 3.05) is 7.11 Å². The van der Waals surface area contributed by atoms with Crippen molar-refractivity contribution in [2.45, 2.75) is 46.8 Å². The van der Waals surface area contributed by atoms with Crippen molar-refractivity contribution in [3.05, 3.63) is 24.5 Å². The number of pyridine rings is 1. The highest BCUT2D eigenvalue weighted by Crippen LogP contribution is 2.07. The number of hydrogen-bond donors (Lipinski definition) is 0. The topological polar surface area (TPSA) is 39.4 Å². The lowest BCUT2D eigenvalue weighted by atomic mass is 10.2. The van der Waals surface area contributed by atoms with Crippen molar-refractivity contribution in [1.29, 1.82) is 0 Å². The molecule has 102 valence electrons. The summed E-state index contributed by atoms with van der Waals surface area (Å²) in [5.41, 5.74) is -0.448. The number of aromatic nitrogens is 1. The van der Waals surface area contributed by atoms with Gasteiger partial charge < -0.3 is 9.47 Å². The van der Waals surface area contributed by atoms with Gasteiger partial charge in [-0.3, -0.25) is 0 Å². The molecule has 4 nitrogen and oxygen atoms in total. The molecule has 4 heteroatoms. The van der Waals surface area contributed by atoms with Crippen LogP contribution >= 0.6 is 0 Å². The van der Waals surface area contributed by atoms with Gasteiger partial charge in [0.2, 0.25) is 12.7 Å². The summed E-state index contributed by atoms with van der Waals surface area (Å²) >= 11 is 0. The Hall–Kier alpha value is -1.58. The molecule has 0 saturated carbocycles. The maximum Gasteiger partial charge on any atom is 0.373 e. The van der Waals surface area contributed by atoms with Gasteiger partial charge >= 0.3 is 5.97 Å². The first-order valence-corrected chi connectivity index (χ1v) is 6.15. The summed E-state index contributed by atoms with van der Waals surface area (Å²) in [5.74, 6) is 0.455. The first kappa shape index (κ1) is 16.4. The molecule has 0 unspecified atom stereocenters. The van der Waals surface area contributed by atoms with Crippen molar-refractivity contribution in [3.63, 3.8) is 0 Å². The highest BCUT2D eigenvalue weighted by molar-refractivity contribution is 5.68. The van der Waals surface area contributed by atoms with E-state index in [2.05, 4.69) is 0 Å². The molecule has 0 radical (unpaired) electrons. The average molecular weight is 254 g/mol. The van der Waals surface area contributed by atoms with Crippen LogP contribution in [0.15, 0.2) is 24.5 Å². The summed E-state index contributed by atoms with van der Waals surface area (Å²) in [6, 6.07) is 3.65. The smallest absolute Gasteiger partial charge is 0.373 e. The van der Waals surface area contributed by atoms with Crippen LogP contribution in [0.25, 0.3) is 0 Å². The summed E-state index contributed by atoms with van der Waals surface area (Å²) < 4.78 is 12.0. The first-order chi connectivity index (χ1) is 8.40. The zero-order valence-corrected chi connectivity index (χ0v) is 12.2. The third-order valence-electron chi connectivity index (χ3n) is 1.80. The minimum absolute atomic E-state index is 0.189. The van der Waals surface area contributed by atoms with Gasteiger partial charge in [-0.25, -0.2) is 4.79 Å². The maximum absolute atomic E-state index is 11.5. The summed E-state index contributed by atoms with van der Waals surface area (Å²) in [7, 11) is 1.59. The number of carbonyl (C=O) groups is 1. The van der Waals surface area contributed by atoms with E-state index in [1.165, 1.54) is 0 Å². The van der Waals surface area contributed by atoms with Crippen molar-refractivity contribution in [3.8, 4) is 5.75 Å². The van der Waals surface area contributed by atoms with E-state index >= 15 is 0 Å². The van der Waals surface area contributed by atoms with Crippen molar-refractivity contribution < 1.29 is 18.8 Å². The predicted octanol–water partition coefficient (Wildman–Crippen LogP) is 2.35. The second kappa shape index (κ2) is 7.69. The largest absolute Gasteiger partial charge is 0.491 e. The Morgan fingerprint density at radius 2 is 1.94 bits per heavy atom. The fraction of sp³-hybridized carbons (Fsp3) is 0.571. The molecule has 0 aliphatic carbocycles. The molecule has 1 aromatic rings. The molecule has 0 N–H and O–H groups in total. The fourth-order valence-electron chi connectivity index (χ4n) is 1.24. The summed E-state index contributed by atoms with van der Waals surface area (Å²) in [4.78, 5) is 11.5. The molecule has 0 amide bonds. The fourth-order valence-corrected chi connectivity index (χ4v) is 1.24. The lowest BCUT2D eigenvalue weighted by Crippen LogP contribution is -2.40. The molecule has 0 fully saturated rings. The average Bonchev–Trinajstić information content (AvgIpc) is 2.29. The Balaban J connectivity index is 0.00000137. The van der Waals surface area contributed by atoms with Crippen LogP contribution in [-0.2, 0) is 16.1 Å². The van der Waals surface area contributed by atoms with E-state index in [1.54, 1.807) is 24.1 Å². The van der Waals surface area contributed by atoms with Crippen molar-refractivity contribution in [1.82, 2.24) is 0 Å². The second-order valence-corrected chi connectivity index (χ2v) is 4.50. The first-order valence-electron chi connectivity index (χ1n) is 6.15. The highest BCUT2D eigenvalue weighted by atomic mass is 16.6. The monoisotopic (exact) mass is 254 g/mol. The summed E-state index contributed by atoms with van der Waals surface area (Å²) in [6.07, 6.45) is 3.55. The Kier molecular flexibility index (Phi) is 7.01. The Bertz CT molecular complexity index is 370. The van der Waals surface area contributed by atoms with Crippen molar-refractivity contribution in [2.24, 2.45) is 0 Å². The second-order valence-electron chi connectivity index (χ2n) is 4.50. The van der Waals surface area contributed by atoms with Crippen LogP contribution in [0, 0.1) is 0 Å². The third-order valence-corrected chi connectivity index (χ3v) is 1.80. The van der Waals surface area contributed by atoms with Gasteiger partial charge in [0.25, 0.3) is 0 Å². The molecular formula is C14H24NO3+. The van der Waals surface area contributed by atoms with Gasteiger partial charge in [0.1, 0.15) is 5.60 Å². The highest BCUT2D eigenvalue weighted by Gasteiger charge is 2.19. The lowest BCUT2D eigenvalue weighted by molar-refractivity contribution is -0.686. The standard InChI is InChI=1S/C12H18NO3.C2H6/c1-12(2,3)16-11(14)9-13-7-5-6-10(8-13)15-4;1-2/h5-8H,9H2,1-4H3;1-2H3/q+1;.